The molecule has 1 heterocycles. The van der Waals surface area contributed by atoms with Crippen molar-refractivity contribution in [2.45, 2.75) is 30.8 Å². The minimum Gasteiger partial charge on any atom is -0.497 e. The van der Waals surface area contributed by atoms with E-state index in [1.807, 2.05) is 36.4 Å². The first kappa shape index (κ1) is 18.3. The van der Waals surface area contributed by atoms with Gasteiger partial charge in [-0.3, -0.25) is 0 Å². The predicted molar refractivity (Wildman–Crippen MR) is 104 cm³/mol. The molecule has 0 aliphatic rings. The van der Waals surface area contributed by atoms with E-state index in [0.29, 0.717) is 0 Å². The van der Waals surface area contributed by atoms with Gasteiger partial charge in [-0.25, -0.2) is 0 Å². The number of aromatic nitrogens is 3. The van der Waals surface area contributed by atoms with Crippen LogP contribution in [0.5, 0.6) is 11.5 Å². The van der Waals surface area contributed by atoms with Crippen molar-refractivity contribution in [2.75, 3.05) is 14.2 Å². The zero-order valence-electron chi connectivity index (χ0n) is 15.3. The van der Waals surface area contributed by atoms with Gasteiger partial charge in [-0.05, 0) is 30.2 Å². The Hall–Kier alpha value is -2.47. The van der Waals surface area contributed by atoms with Crippen LogP contribution in [0, 0.1) is 0 Å². The summed E-state index contributed by atoms with van der Waals surface area (Å²) in [7, 11) is 3.32. The second kappa shape index (κ2) is 8.76. The maximum absolute atomic E-state index is 5.34. The van der Waals surface area contributed by atoms with E-state index in [-0.39, 0.29) is 0 Å². The third-order valence-corrected chi connectivity index (χ3v) is 5.13. The molecule has 3 aromatic rings. The van der Waals surface area contributed by atoms with Crippen LogP contribution in [0.1, 0.15) is 23.9 Å². The lowest BCUT2D eigenvalue weighted by molar-refractivity contribution is 0.393. The highest BCUT2D eigenvalue weighted by Gasteiger charge is 2.12. The summed E-state index contributed by atoms with van der Waals surface area (Å²) < 4.78 is 12.9. The largest absolute Gasteiger partial charge is 0.497 e. The molecule has 0 amide bonds. The minimum absolute atomic E-state index is 0.775. The normalized spacial score (nSPS) is 10.7. The molecule has 136 valence electrons. The Bertz CT molecular complexity index is 827. The van der Waals surface area contributed by atoms with E-state index in [1.54, 1.807) is 26.0 Å². The van der Waals surface area contributed by atoms with Crippen molar-refractivity contribution in [2.24, 2.45) is 0 Å². The van der Waals surface area contributed by atoms with Crippen molar-refractivity contribution in [3.05, 3.63) is 65.5 Å². The Balaban J connectivity index is 1.74. The summed E-state index contributed by atoms with van der Waals surface area (Å²) in [5.41, 5.74) is 2.37. The van der Waals surface area contributed by atoms with E-state index < -0.39 is 0 Å². The zero-order chi connectivity index (χ0) is 18.4. The smallest absolute Gasteiger partial charge is 0.191 e. The summed E-state index contributed by atoms with van der Waals surface area (Å²) in [5.74, 6) is 3.35. The average molecular weight is 369 g/mol. The summed E-state index contributed by atoms with van der Waals surface area (Å²) in [5, 5.41) is 9.73. The molecule has 5 nitrogen and oxygen atoms in total. The van der Waals surface area contributed by atoms with E-state index in [1.165, 1.54) is 5.56 Å². The minimum atomic E-state index is 0.775. The van der Waals surface area contributed by atoms with Gasteiger partial charge in [0.2, 0.25) is 0 Å². The summed E-state index contributed by atoms with van der Waals surface area (Å²) in [6.45, 7) is 2.97. The first-order valence-electron chi connectivity index (χ1n) is 8.54. The Morgan fingerprint density at radius 2 is 1.62 bits per heavy atom. The molecule has 0 aliphatic carbocycles. The highest BCUT2D eigenvalue weighted by atomic mass is 32.2. The summed E-state index contributed by atoms with van der Waals surface area (Å²) in [6.07, 6.45) is 0.787. The van der Waals surface area contributed by atoms with Gasteiger partial charge >= 0.3 is 0 Å². The Kier molecular flexibility index (Phi) is 6.17. The first-order chi connectivity index (χ1) is 12.7. The van der Waals surface area contributed by atoms with Crippen molar-refractivity contribution < 1.29 is 9.47 Å². The lowest BCUT2D eigenvalue weighted by Gasteiger charge is -2.09. The third-order valence-electron chi connectivity index (χ3n) is 4.09. The Morgan fingerprint density at radius 3 is 2.23 bits per heavy atom. The van der Waals surface area contributed by atoms with E-state index >= 15 is 0 Å². The molecule has 0 radical (unpaired) electrons. The van der Waals surface area contributed by atoms with E-state index in [4.69, 9.17) is 9.47 Å². The maximum atomic E-state index is 5.34. The van der Waals surface area contributed by atoms with E-state index in [0.717, 1.165) is 46.8 Å². The predicted octanol–water partition coefficient (Wildman–Crippen LogP) is 4.20. The molecule has 1 aromatic heterocycles. The molecule has 0 bridgehead atoms. The number of thioether (sulfide) groups is 1. The monoisotopic (exact) mass is 369 g/mol. The van der Waals surface area contributed by atoms with Crippen LogP contribution < -0.4 is 9.47 Å². The lowest BCUT2D eigenvalue weighted by Crippen LogP contribution is -2.04. The molecule has 3 rings (SSSR count). The topological polar surface area (TPSA) is 49.2 Å². The van der Waals surface area contributed by atoms with Crippen LogP contribution in [0.3, 0.4) is 0 Å². The number of hydrogen-bond acceptors (Lipinski definition) is 5. The molecule has 0 aliphatic heterocycles. The van der Waals surface area contributed by atoms with Crippen LogP contribution in [0.2, 0.25) is 0 Å². The van der Waals surface area contributed by atoms with Crippen LogP contribution in [0.4, 0.5) is 0 Å². The molecule has 0 unspecified atom stereocenters. The highest BCUT2D eigenvalue weighted by molar-refractivity contribution is 7.98. The van der Waals surface area contributed by atoms with Gasteiger partial charge in [0.15, 0.2) is 5.16 Å². The van der Waals surface area contributed by atoms with Crippen LogP contribution in [-0.4, -0.2) is 29.0 Å². The lowest BCUT2D eigenvalue weighted by atomic mass is 10.1. The number of rotatable bonds is 8. The van der Waals surface area contributed by atoms with Crippen molar-refractivity contribution in [1.82, 2.24) is 14.8 Å². The Morgan fingerprint density at radius 1 is 0.923 bits per heavy atom. The molecular formula is C20H23N3O2S. The molecule has 0 atom stereocenters. The van der Waals surface area contributed by atoms with Gasteiger partial charge in [-0.1, -0.05) is 42.1 Å². The van der Waals surface area contributed by atoms with Crippen molar-refractivity contribution in [1.29, 1.82) is 0 Å². The molecule has 6 heteroatoms. The van der Waals surface area contributed by atoms with Crippen LogP contribution in [0.25, 0.3) is 0 Å². The fourth-order valence-electron chi connectivity index (χ4n) is 2.75. The molecule has 2 aromatic carbocycles. The van der Waals surface area contributed by atoms with E-state index in [9.17, 15) is 0 Å². The quantitative estimate of drug-likeness (QED) is 0.557. The summed E-state index contributed by atoms with van der Waals surface area (Å²) in [6, 6.07) is 16.3. The second-order valence-electron chi connectivity index (χ2n) is 5.82. The molecular weight excluding hydrogens is 346 g/mol. The number of ether oxygens (including phenoxy) is 2. The zero-order valence-corrected chi connectivity index (χ0v) is 16.1. The SMILES string of the molecule is CCn1c(Cc2ccccc2)nnc1SCc1cc(OC)cc(OC)c1. The van der Waals surface area contributed by atoms with Gasteiger partial charge in [0.25, 0.3) is 0 Å². The van der Waals surface area contributed by atoms with Crippen molar-refractivity contribution in [3.8, 4) is 11.5 Å². The molecule has 0 saturated carbocycles. The summed E-state index contributed by atoms with van der Waals surface area (Å²) >= 11 is 1.67. The number of hydrogen-bond donors (Lipinski definition) is 0. The highest BCUT2D eigenvalue weighted by Crippen LogP contribution is 2.28. The van der Waals surface area contributed by atoms with Crippen molar-refractivity contribution >= 4 is 11.8 Å². The Labute approximate surface area is 158 Å². The van der Waals surface area contributed by atoms with Gasteiger partial charge in [-0.15, -0.1) is 10.2 Å². The van der Waals surface area contributed by atoms with Gasteiger partial charge in [0, 0.05) is 24.8 Å². The number of methoxy groups -OCH3 is 2. The molecule has 0 N–H and O–H groups in total. The molecule has 0 fully saturated rings. The van der Waals surface area contributed by atoms with Crippen LogP contribution >= 0.6 is 11.8 Å². The fourth-order valence-corrected chi connectivity index (χ4v) is 3.70. The third kappa shape index (κ3) is 4.38. The molecule has 0 spiro atoms. The van der Waals surface area contributed by atoms with E-state index in [2.05, 4.69) is 33.8 Å². The van der Waals surface area contributed by atoms with Gasteiger partial charge in [-0.2, -0.15) is 0 Å². The maximum Gasteiger partial charge on any atom is 0.191 e. The van der Waals surface area contributed by atoms with Gasteiger partial charge in [0.1, 0.15) is 17.3 Å². The number of benzene rings is 2. The second-order valence-corrected chi connectivity index (χ2v) is 6.76. The standard InChI is InChI=1S/C20H23N3O2S/c1-4-23-19(12-15-8-6-5-7-9-15)21-22-20(23)26-14-16-10-17(24-2)13-18(11-16)25-3/h5-11,13H,4,12,14H2,1-3H3. The number of nitrogens with zero attached hydrogens (tertiary/aromatic N) is 3. The first-order valence-corrected chi connectivity index (χ1v) is 9.52. The van der Waals surface area contributed by atoms with Gasteiger partial charge in [0.05, 0.1) is 14.2 Å². The van der Waals surface area contributed by atoms with Crippen molar-refractivity contribution in [3.63, 3.8) is 0 Å². The summed E-state index contributed by atoms with van der Waals surface area (Å²) in [4.78, 5) is 0. The fraction of sp³-hybridized carbons (Fsp3) is 0.300. The van der Waals surface area contributed by atoms with Crippen LogP contribution in [0.15, 0.2) is 53.7 Å². The van der Waals surface area contributed by atoms with Crippen LogP contribution in [-0.2, 0) is 18.7 Å². The molecule has 26 heavy (non-hydrogen) atoms. The van der Waals surface area contributed by atoms with Gasteiger partial charge < -0.3 is 14.0 Å². The average Bonchev–Trinajstić information content (AvgIpc) is 3.08. The molecule has 0 saturated heterocycles.